The first-order valence-corrected chi connectivity index (χ1v) is 12.6. The molecule has 3 unspecified atom stereocenters. The number of hydrogen-bond acceptors (Lipinski definition) is 3. The molecule has 1 aliphatic heterocycles. The van der Waals surface area contributed by atoms with E-state index < -0.39 is 0 Å². The quantitative estimate of drug-likeness (QED) is 0.587. The third kappa shape index (κ3) is 2.21. The maximum Gasteiger partial charge on any atom is 0.0770 e. The van der Waals surface area contributed by atoms with E-state index in [0.717, 1.165) is 43.9 Å². The van der Waals surface area contributed by atoms with Crippen LogP contribution in [0, 0.1) is 22.3 Å². The molecule has 3 atom stereocenters. The Kier molecular flexibility index (Phi) is 3.79. The fourth-order valence-electron chi connectivity index (χ4n) is 6.13. The van der Waals surface area contributed by atoms with Crippen molar-refractivity contribution in [2.75, 3.05) is 36.0 Å². The van der Waals surface area contributed by atoms with Crippen LogP contribution in [0.25, 0.3) is 0 Å². The van der Waals surface area contributed by atoms with Gasteiger partial charge in [-0.05, 0) is 88.3 Å². The zero-order valence-corrected chi connectivity index (χ0v) is 18.8. The van der Waals surface area contributed by atoms with E-state index in [-0.39, 0.29) is 10.5 Å². The van der Waals surface area contributed by atoms with Gasteiger partial charge in [0.1, 0.15) is 0 Å². The maximum absolute atomic E-state index is 5.13. The second kappa shape index (κ2) is 6.10. The molecule has 152 valence electrons. The molecule has 0 saturated heterocycles. The van der Waals surface area contributed by atoms with Crippen molar-refractivity contribution in [3.05, 3.63) is 46.3 Å². The van der Waals surface area contributed by atoms with E-state index in [9.17, 15) is 0 Å². The number of anilines is 2. The van der Waals surface area contributed by atoms with Crippen LogP contribution in [0.5, 0.6) is 0 Å². The molecule has 7 rings (SSSR count). The van der Waals surface area contributed by atoms with E-state index in [1.54, 1.807) is 0 Å². The highest BCUT2D eigenvalue weighted by Gasteiger charge is 2.94. The summed E-state index contributed by atoms with van der Waals surface area (Å²) in [5.41, 5.74) is 3.95. The van der Waals surface area contributed by atoms with Gasteiger partial charge in [0.2, 0.25) is 0 Å². The summed E-state index contributed by atoms with van der Waals surface area (Å²) >= 11 is 0. The third-order valence-electron chi connectivity index (χ3n) is 7.95. The van der Waals surface area contributed by atoms with Crippen molar-refractivity contribution in [3.8, 4) is 0 Å². The zero-order valence-electron chi connectivity index (χ0n) is 18.0. The van der Waals surface area contributed by atoms with Crippen molar-refractivity contribution in [2.24, 2.45) is 22.7 Å². The van der Waals surface area contributed by atoms with Crippen LogP contribution in [0.15, 0.2) is 46.3 Å². The lowest BCUT2D eigenvalue weighted by Crippen LogP contribution is -2.37. The minimum absolute atomic E-state index is 0.176. The summed E-state index contributed by atoms with van der Waals surface area (Å²) in [4.78, 5) is 11.6. The smallest absolute Gasteiger partial charge is 0.0770 e. The molecule has 0 amide bonds. The van der Waals surface area contributed by atoms with Crippen LogP contribution in [0.1, 0.15) is 34.1 Å². The first-order chi connectivity index (χ1) is 14.2. The molecule has 0 aromatic heterocycles. The molecule has 2 bridgehead atoms. The van der Waals surface area contributed by atoms with Gasteiger partial charge in [-0.3, -0.25) is 0 Å². The number of benzene rings is 2. The van der Waals surface area contributed by atoms with Crippen molar-refractivity contribution in [3.63, 3.8) is 0 Å². The fraction of sp³-hybridized carbons (Fsp3) is 0.520. The average molecular weight is 406 g/mol. The summed E-state index contributed by atoms with van der Waals surface area (Å²) in [7, 11) is 0.176. The molecule has 4 heteroatoms. The molecule has 0 spiro atoms. The van der Waals surface area contributed by atoms with Crippen LogP contribution in [-0.4, -0.2) is 30.9 Å². The minimum Gasteiger partial charge on any atom is -0.372 e. The molecular formula is C25H31N3S. The number of nitrogens with zero attached hydrogens (tertiary/aromatic N) is 3. The fourth-order valence-corrected chi connectivity index (χ4v) is 9.79. The number of rotatable bonds is 7. The second-order valence-electron chi connectivity index (χ2n) is 8.94. The van der Waals surface area contributed by atoms with Gasteiger partial charge in [-0.1, -0.05) is 0 Å². The van der Waals surface area contributed by atoms with E-state index >= 15 is 0 Å². The molecule has 4 fully saturated rings. The van der Waals surface area contributed by atoms with Gasteiger partial charge in [0.05, 0.1) is 11.0 Å². The van der Waals surface area contributed by atoms with Crippen LogP contribution in [0.4, 0.5) is 17.1 Å². The predicted octanol–water partition coefficient (Wildman–Crippen LogP) is 5.24. The normalized spacial score (nSPS) is 31.6. The van der Waals surface area contributed by atoms with Crippen LogP contribution in [0.3, 0.4) is 0 Å². The molecule has 0 N–H and O–H groups in total. The SMILES string of the molecule is CCN(CC)c1ccc2c(c1)S(C13CC4C1C43)=c1cc(N(CC)CC)ccc1=N2. The van der Waals surface area contributed by atoms with Gasteiger partial charge in [0.25, 0.3) is 0 Å². The van der Waals surface area contributed by atoms with Crippen molar-refractivity contribution in [2.45, 2.75) is 43.8 Å². The van der Waals surface area contributed by atoms with Crippen molar-refractivity contribution in [1.82, 2.24) is 0 Å². The second-order valence-corrected chi connectivity index (χ2v) is 11.2. The van der Waals surface area contributed by atoms with Crippen LogP contribution < -0.4 is 15.2 Å². The predicted molar refractivity (Wildman–Crippen MR) is 123 cm³/mol. The van der Waals surface area contributed by atoms with Crippen molar-refractivity contribution in [1.29, 1.82) is 0 Å². The molecule has 29 heavy (non-hydrogen) atoms. The largest absolute Gasteiger partial charge is 0.372 e. The molecule has 2 aromatic carbocycles. The standard InChI is InChI=1S/C25H31N3S/c1-5-27(6-2)16-9-11-19-21(13-16)29(25-15-18-23(25)24(18)25)22-14-17(28(7-3)8-4)10-12-20(22)26-19/h9-14,18,23-24H,5-8,15H2,1-4H3. The highest BCUT2D eigenvalue weighted by atomic mass is 32.2. The van der Waals surface area contributed by atoms with E-state index in [2.05, 4.69) is 73.9 Å². The van der Waals surface area contributed by atoms with Gasteiger partial charge in [-0.25, -0.2) is 4.99 Å². The van der Waals surface area contributed by atoms with E-state index in [0.29, 0.717) is 4.75 Å². The molecule has 4 aliphatic carbocycles. The summed E-state index contributed by atoms with van der Waals surface area (Å²) in [6, 6.07) is 14.1. The molecule has 1 heterocycles. The van der Waals surface area contributed by atoms with Gasteiger partial charge < -0.3 is 9.80 Å². The van der Waals surface area contributed by atoms with E-state index in [4.69, 9.17) is 4.99 Å². The Morgan fingerprint density at radius 3 is 2.07 bits per heavy atom. The highest BCUT2D eigenvalue weighted by molar-refractivity contribution is 8.11. The Morgan fingerprint density at radius 1 is 0.897 bits per heavy atom. The van der Waals surface area contributed by atoms with Gasteiger partial charge in [0, 0.05) is 51.7 Å². The average Bonchev–Trinajstić information content (AvgIpc) is 3.55. The van der Waals surface area contributed by atoms with E-state index in [1.165, 1.54) is 38.2 Å². The lowest BCUT2D eigenvalue weighted by Gasteiger charge is -2.43. The Labute approximate surface area is 176 Å². The Hall–Kier alpha value is -1.81. The van der Waals surface area contributed by atoms with Crippen LogP contribution in [-0.2, 0) is 0 Å². The lowest BCUT2D eigenvalue weighted by atomic mass is 9.82. The van der Waals surface area contributed by atoms with Crippen molar-refractivity contribution < 1.29 is 0 Å². The molecule has 0 radical (unpaired) electrons. The monoisotopic (exact) mass is 405 g/mol. The summed E-state index contributed by atoms with van der Waals surface area (Å²) in [6.07, 6.45) is 1.45. The molecular weight excluding hydrogens is 374 g/mol. The summed E-state index contributed by atoms with van der Waals surface area (Å²) in [5, 5.41) is 1.22. The Bertz CT molecular complexity index is 1120. The topological polar surface area (TPSA) is 18.8 Å². The van der Waals surface area contributed by atoms with Gasteiger partial charge >= 0.3 is 0 Å². The third-order valence-corrected chi connectivity index (χ3v) is 11.0. The zero-order chi connectivity index (χ0) is 19.9. The summed E-state index contributed by atoms with van der Waals surface area (Å²) in [6.45, 7) is 13.2. The van der Waals surface area contributed by atoms with Gasteiger partial charge in [-0.2, -0.15) is 0 Å². The minimum atomic E-state index is 0.176. The Morgan fingerprint density at radius 2 is 1.52 bits per heavy atom. The molecule has 2 aromatic rings. The van der Waals surface area contributed by atoms with Gasteiger partial charge in [0.15, 0.2) is 0 Å². The first-order valence-electron chi connectivity index (χ1n) is 11.4. The Balaban J connectivity index is 1.58. The molecule has 5 aliphatic rings. The first kappa shape index (κ1) is 18.0. The van der Waals surface area contributed by atoms with Crippen molar-refractivity contribution >= 4 is 27.5 Å². The van der Waals surface area contributed by atoms with Crippen LogP contribution in [0.2, 0.25) is 0 Å². The maximum atomic E-state index is 5.13. The van der Waals surface area contributed by atoms with Gasteiger partial charge in [-0.15, -0.1) is 10.5 Å². The van der Waals surface area contributed by atoms with Crippen LogP contribution >= 0.6 is 10.5 Å². The molecule has 4 saturated carbocycles. The molecule has 3 nitrogen and oxygen atoms in total. The summed E-state index contributed by atoms with van der Waals surface area (Å²) in [5.74, 6) is 3.13. The lowest BCUT2D eigenvalue weighted by molar-refractivity contribution is 0.311. The number of fused-ring (bicyclic) bond motifs is 2. The number of hydrogen-bond donors (Lipinski definition) is 0. The van der Waals surface area contributed by atoms with E-state index in [1.807, 2.05) is 0 Å². The summed E-state index contributed by atoms with van der Waals surface area (Å²) < 4.78 is 2.11. The highest BCUT2D eigenvalue weighted by Crippen LogP contribution is 2.97.